The summed E-state index contributed by atoms with van der Waals surface area (Å²) in [5, 5.41) is 11.0. The number of hydrogen-bond donors (Lipinski definition) is 1. The van der Waals surface area contributed by atoms with Crippen molar-refractivity contribution >= 4 is 16.5 Å². The van der Waals surface area contributed by atoms with E-state index in [0.29, 0.717) is 11.3 Å². The standard InChI is InChI=1S/C12H10N2/c1-8-6-9-4-2-3-5-10(9)12(14)11(8)7-13/h2-6H,14H2,1H3. The van der Waals surface area contributed by atoms with Crippen LogP contribution in [0.25, 0.3) is 10.8 Å². The van der Waals surface area contributed by atoms with Crippen LogP contribution in [0.15, 0.2) is 30.3 Å². The van der Waals surface area contributed by atoms with E-state index in [9.17, 15) is 0 Å². The molecule has 2 N–H and O–H groups in total. The van der Waals surface area contributed by atoms with Gasteiger partial charge in [-0.1, -0.05) is 24.3 Å². The number of rotatable bonds is 0. The first-order chi connectivity index (χ1) is 6.74. The van der Waals surface area contributed by atoms with E-state index in [4.69, 9.17) is 11.0 Å². The molecule has 0 saturated carbocycles. The second-order valence-corrected chi connectivity index (χ2v) is 3.32. The predicted octanol–water partition coefficient (Wildman–Crippen LogP) is 2.60. The zero-order valence-electron chi connectivity index (χ0n) is 7.91. The number of nitriles is 1. The van der Waals surface area contributed by atoms with E-state index in [1.54, 1.807) is 0 Å². The Bertz CT molecular complexity index is 536. The first-order valence-electron chi connectivity index (χ1n) is 4.42. The SMILES string of the molecule is Cc1cc2ccccc2c(N)c1C#N. The summed E-state index contributed by atoms with van der Waals surface area (Å²) >= 11 is 0. The maximum absolute atomic E-state index is 8.93. The molecule has 0 aliphatic heterocycles. The van der Waals surface area contributed by atoms with Crippen LogP contribution in [0, 0.1) is 18.3 Å². The van der Waals surface area contributed by atoms with Crippen molar-refractivity contribution in [1.29, 1.82) is 5.26 Å². The molecule has 0 unspecified atom stereocenters. The van der Waals surface area contributed by atoms with Crippen molar-refractivity contribution in [3.8, 4) is 6.07 Å². The molecule has 0 aromatic heterocycles. The van der Waals surface area contributed by atoms with E-state index in [0.717, 1.165) is 16.3 Å². The Morgan fingerprint density at radius 1 is 1.29 bits per heavy atom. The third kappa shape index (κ3) is 1.11. The summed E-state index contributed by atoms with van der Waals surface area (Å²) in [4.78, 5) is 0. The van der Waals surface area contributed by atoms with Crippen molar-refractivity contribution < 1.29 is 0 Å². The van der Waals surface area contributed by atoms with Gasteiger partial charge in [0.2, 0.25) is 0 Å². The number of nitrogens with zero attached hydrogens (tertiary/aromatic N) is 1. The summed E-state index contributed by atoms with van der Waals surface area (Å²) < 4.78 is 0. The molecule has 0 amide bonds. The van der Waals surface area contributed by atoms with Gasteiger partial charge >= 0.3 is 0 Å². The van der Waals surface area contributed by atoms with Gasteiger partial charge in [0, 0.05) is 5.39 Å². The first kappa shape index (κ1) is 8.58. The van der Waals surface area contributed by atoms with Crippen molar-refractivity contribution in [2.75, 3.05) is 5.73 Å². The fourth-order valence-electron chi connectivity index (χ4n) is 1.67. The Morgan fingerprint density at radius 3 is 2.71 bits per heavy atom. The molecule has 0 atom stereocenters. The van der Waals surface area contributed by atoms with E-state index >= 15 is 0 Å². The summed E-state index contributed by atoms with van der Waals surface area (Å²) in [5.41, 5.74) is 8.01. The lowest BCUT2D eigenvalue weighted by Crippen LogP contribution is -1.94. The monoisotopic (exact) mass is 182 g/mol. The molecule has 0 saturated heterocycles. The number of nitrogens with two attached hydrogens (primary N) is 1. The minimum atomic E-state index is 0.586. The van der Waals surface area contributed by atoms with Gasteiger partial charge in [-0.3, -0.25) is 0 Å². The van der Waals surface area contributed by atoms with Crippen LogP contribution in [0.5, 0.6) is 0 Å². The highest BCUT2D eigenvalue weighted by Gasteiger charge is 2.06. The van der Waals surface area contributed by atoms with E-state index in [1.165, 1.54) is 0 Å². The molecule has 2 aromatic rings. The molecular formula is C12H10N2. The second-order valence-electron chi connectivity index (χ2n) is 3.32. The molecule has 0 aliphatic rings. The van der Waals surface area contributed by atoms with Gasteiger partial charge in [-0.15, -0.1) is 0 Å². The minimum absolute atomic E-state index is 0.586. The fourth-order valence-corrected chi connectivity index (χ4v) is 1.67. The number of fused-ring (bicyclic) bond motifs is 1. The summed E-state index contributed by atoms with van der Waals surface area (Å²) in [5.74, 6) is 0. The van der Waals surface area contributed by atoms with Crippen molar-refractivity contribution in [2.24, 2.45) is 0 Å². The molecule has 0 heterocycles. The van der Waals surface area contributed by atoms with Gasteiger partial charge < -0.3 is 5.73 Å². The maximum atomic E-state index is 8.93. The largest absolute Gasteiger partial charge is 0.397 e. The molecule has 2 heteroatoms. The van der Waals surface area contributed by atoms with Gasteiger partial charge in [0.25, 0.3) is 0 Å². The lowest BCUT2D eigenvalue weighted by Gasteiger charge is -2.06. The Balaban J connectivity index is 2.95. The number of anilines is 1. The highest BCUT2D eigenvalue weighted by atomic mass is 14.6. The Labute approximate surface area is 82.6 Å². The van der Waals surface area contributed by atoms with Crippen LogP contribution in [0.2, 0.25) is 0 Å². The molecule has 0 spiro atoms. The van der Waals surface area contributed by atoms with Crippen molar-refractivity contribution in [2.45, 2.75) is 6.92 Å². The van der Waals surface area contributed by atoms with Crippen molar-refractivity contribution in [1.82, 2.24) is 0 Å². The minimum Gasteiger partial charge on any atom is -0.397 e. The molecule has 14 heavy (non-hydrogen) atoms. The highest BCUT2D eigenvalue weighted by molar-refractivity contribution is 5.96. The summed E-state index contributed by atoms with van der Waals surface area (Å²) in [6.07, 6.45) is 0. The third-order valence-corrected chi connectivity index (χ3v) is 2.40. The Morgan fingerprint density at radius 2 is 2.00 bits per heavy atom. The highest BCUT2D eigenvalue weighted by Crippen LogP contribution is 2.26. The molecule has 0 bridgehead atoms. The normalized spacial score (nSPS) is 10.0. The zero-order chi connectivity index (χ0) is 10.1. The van der Waals surface area contributed by atoms with Gasteiger partial charge in [-0.2, -0.15) is 5.26 Å². The molecule has 2 rings (SSSR count). The number of benzene rings is 2. The summed E-state index contributed by atoms with van der Waals surface area (Å²) in [6.45, 7) is 1.90. The van der Waals surface area contributed by atoms with Gasteiger partial charge in [-0.25, -0.2) is 0 Å². The molecule has 68 valence electrons. The lowest BCUT2D eigenvalue weighted by molar-refractivity contribution is 1.42. The molecule has 0 radical (unpaired) electrons. The predicted molar refractivity (Wildman–Crippen MR) is 57.8 cm³/mol. The van der Waals surface area contributed by atoms with E-state index in [2.05, 4.69) is 6.07 Å². The first-order valence-corrected chi connectivity index (χ1v) is 4.42. The smallest absolute Gasteiger partial charge is 0.102 e. The van der Waals surface area contributed by atoms with Gasteiger partial charge in [0.1, 0.15) is 6.07 Å². The Hall–Kier alpha value is -2.01. The molecule has 2 aromatic carbocycles. The average Bonchev–Trinajstić information content (AvgIpc) is 2.18. The van der Waals surface area contributed by atoms with Crippen LogP contribution >= 0.6 is 0 Å². The number of hydrogen-bond acceptors (Lipinski definition) is 2. The Kier molecular flexibility index (Phi) is 1.86. The van der Waals surface area contributed by atoms with Crippen LogP contribution in [0.1, 0.15) is 11.1 Å². The number of nitrogen functional groups attached to an aromatic ring is 1. The topological polar surface area (TPSA) is 49.8 Å². The van der Waals surface area contributed by atoms with Gasteiger partial charge in [-0.05, 0) is 23.9 Å². The van der Waals surface area contributed by atoms with Crippen LogP contribution in [0.4, 0.5) is 5.69 Å². The molecule has 0 fully saturated rings. The molecule has 0 aliphatic carbocycles. The van der Waals surface area contributed by atoms with Crippen molar-refractivity contribution in [3.63, 3.8) is 0 Å². The van der Waals surface area contributed by atoms with Gasteiger partial charge in [0.05, 0.1) is 11.3 Å². The van der Waals surface area contributed by atoms with Gasteiger partial charge in [0.15, 0.2) is 0 Å². The van der Waals surface area contributed by atoms with Crippen LogP contribution in [0.3, 0.4) is 0 Å². The fraction of sp³-hybridized carbons (Fsp3) is 0.0833. The third-order valence-electron chi connectivity index (χ3n) is 2.40. The van der Waals surface area contributed by atoms with E-state index < -0.39 is 0 Å². The van der Waals surface area contributed by atoms with Crippen LogP contribution in [-0.4, -0.2) is 0 Å². The summed E-state index contributed by atoms with van der Waals surface area (Å²) in [6, 6.07) is 11.9. The summed E-state index contributed by atoms with van der Waals surface area (Å²) in [7, 11) is 0. The average molecular weight is 182 g/mol. The zero-order valence-corrected chi connectivity index (χ0v) is 7.91. The molecular weight excluding hydrogens is 172 g/mol. The van der Waals surface area contributed by atoms with E-state index in [-0.39, 0.29) is 0 Å². The van der Waals surface area contributed by atoms with Crippen LogP contribution in [-0.2, 0) is 0 Å². The quantitative estimate of drug-likeness (QED) is 0.636. The second kappa shape index (κ2) is 3.04. The lowest BCUT2D eigenvalue weighted by atomic mass is 10.0. The van der Waals surface area contributed by atoms with Crippen molar-refractivity contribution in [3.05, 3.63) is 41.5 Å². The maximum Gasteiger partial charge on any atom is 0.102 e. The molecule has 2 nitrogen and oxygen atoms in total. The number of aryl methyl sites for hydroxylation is 1. The van der Waals surface area contributed by atoms with E-state index in [1.807, 2.05) is 37.3 Å². The van der Waals surface area contributed by atoms with Crippen LogP contribution < -0.4 is 5.73 Å².